The van der Waals surface area contributed by atoms with Gasteiger partial charge in [-0.2, -0.15) is 0 Å². The lowest BCUT2D eigenvalue weighted by Crippen LogP contribution is -2.39. The van der Waals surface area contributed by atoms with E-state index in [0.717, 1.165) is 16.9 Å². The van der Waals surface area contributed by atoms with E-state index in [-0.39, 0.29) is 11.8 Å². The zero-order chi connectivity index (χ0) is 19.1. The van der Waals surface area contributed by atoms with E-state index in [9.17, 15) is 9.59 Å². The van der Waals surface area contributed by atoms with Crippen LogP contribution in [0.4, 0.5) is 0 Å². The smallest absolute Gasteiger partial charge is 0.306 e. The lowest BCUT2D eigenvalue weighted by Gasteiger charge is -2.29. The Morgan fingerprint density at radius 2 is 1.70 bits per heavy atom. The van der Waals surface area contributed by atoms with Crippen molar-refractivity contribution in [3.8, 4) is 5.75 Å². The molecule has 1 N–H and O–H groups in total. The second-order valence-corrected chi connectivity index (χ2v) is 6.61. The van der Waals surface area contributed by atoms with E-state index in [1.54, 1.807) is 17.1 Å². The molecule has 0 bridgehead atoms. The number of carboxylic acids is 1. The van der Waals surface area contributed by atoms with Crippen LogP contribution in [0.1, 0.15) is 24.0 Å². The monoisotopic (exact) mass is 365 g/mol. The fourth-order valence-electron chi connectivity index (χ4n) is 3.04. The number of hydrogen-bond donors (Lipinski definition) is 1. The van der Waals surface area contributed by atoms with E-state index in [2.05, 4.69) is 0 Å². The average molecular weight is 365 g/mol. The van der Waals surface area contributed by atoms with Gasteiger partial charge in [0.15, 0.2) is 0 Å². The van der Waals surface area contributed by atoms with Crippen molar-refractivity contribution < 1.29 is 19.4 Å². The standard InChI is InChI=1S/C22H23NO4/c24-21(23-14-12-19(13-15-23)22(25)26)11-8-17-6-9-20(10-7-17)27-16-18-4-2-1-3-5-18/h1-11,19H,12-16H2,(H,25,26)/b11-8+. The Morgan fingerprint density at radius 3 is 2.33 bits per heavy atom. The first-order valence-electron chi connectivity index (χ1n) is 9.08. The van der Waals surface area contributed by atoms with Gasteiger partial charge in [-0.05, 0) is 42.2 Å². The van der Waals surface area contributed by atoms with Crippen molar-refractivity contribution in [1.29, 1.82) is 0 Å². The van der Waals surface area contributed by atoms with E-state index in [4.69, 9.17) is 9.84 Å². The molecule has 0 aromatic heterocycles. The molecule has 0 atom stereocenters. The van der Waals surface area contributed by atoms with Gasteiger partial charge in [0.1, 0.15) is 12.4 Å². The average Bonchev–Trinajstić information content (AvgIpc) is 2.72. The fraction of sp³-hybridized carbons (Fsp3) is 0.273. The second kappa shape index (κ2) is 9.03. The van der Waals surface area contributed by atoms with Crippen molar-refractivity contribution in [2.75, 3.05) is 13.1 Å². The molecule has 2 aromatic carbocycles. The van der Waals surface area contributed by atoms with Gasteiger partial charge in [0, 0.05) is 19.2 Å². The maximum absolute atomic E-state index is 12.2. The second-order valence-electron chi connectivity index (χ2n) is 6.61. The largest absolute Gasteiger partial charge is 0.489 e. The van der Waals surface area contributed by atoms with Crippen molar-refractivity contribution >= 4 is 18.0 Å². The third-order valence-electron chi connectivity index (χ3n) is 4.70. The number of carbonyl (C=O) groups is 2. The number of benzene rings is 2. The first-order valence-corrected chi connectivity index (χ1v) is 9.08. The molecule has 5 nitrogen and oxygen atoms in total. The maximum atomic E-state index is 12.2. The fourth-order valence-corrected chi connectivity index (χ4v) is 3.04. The van der Waals surface area contributed by atoms with Gasteiger partial charge in [0.25, 0.3) is 0 Å². The maximum Gasteiger partial charge on any atom is 0.306 e. The molecule has 5 heteroatoms. The SMILES string of the molecule is O=C(O)C1CCN(C(=O)/C=C/c2ccc(OCc3ccccc3)cc2)CC1. The molecule has 3 rings (SSSR count). The number of amides is 1. The summed E-state index contributed by atoms with van der Waals surface area (Å²) < 4.78 is 5.75. The van der Waals surface area contributed by atoms with Crippen LogP contribution in [0.5, 0.6) is 5.75 Å². The minimum atomic E-state index is -0.771. The number of likely N-dealkylation sites (tertiary alicyclic amines) is 1. The summed E-state index contributed by atoms with van der Waals surface area (Å²) in [4.78, 5) is 24.9. The summed E-state index contributed by atoms with van der Waals surface area (Å²) in [5.74, 6) is -0.407. The van der Waals surface area contributed by atoms with Gasteiger partial charge in [0.2, 0.25) is 5.91 Å². The molecule has 27 heavy (non-hydrogen) atoms. The molecular weight excluding hydrogens is 342 g/mol. The van der Waals surface area contributed by atoms with Gasteiger partial charge in [-0.3, -0.25) is 9.59 Å². The highest BCUT2D eigenvalue weighted by molar-refractivity contribution is 5.92. The van der Waals surface area contributed by atoms with Gasteiger partial charge < -0.3 is 14.7 Å². The van der Waals surface area contributed by atoms with Crippen molar-refractivity contribution in [3.63, 3.8) is 0 Å². The number of carbonyl (C=O) groups excluding carboxylic acids is 1. The molecular formula is C22H23NO4. The van der Waals surface area contributed by atoms with Crippen LogP contribution in [0, 0.1) is 5.92 Å². The normalized spacial score (nSPS) is 15.0. The highest BCUT2D eigenvalue weighted by Gasteiger charge is 2.25. The van der Waals surface area contributed by atoms with Crippen LogP contribution < -0.4 is 4.74 Å². The minimum Gasteiger partial charge on any atom is -0.489 e. The Balaban J connectivity index is 1.49. The Hall–Kier alpha value is -3.08. The summed E-state index contributed by atoms with van der Waals surface area (Å²) in [5.41, 5.74) is 2.02. The van der Waals surface area contributed by atoms with Gasteiger partial charge >= 0.3 is 5.97 Å². The van der Waals surface area contributed by atoms with E-state index < -0.39 is 5.97 Å². The van der Waals surface area contributed by atoms with Gasteiger partial charge in [-0.1, -0.05) is 42.5 Å². The molecule has 0 saturated carbocycles. The molecule has 1 saturated heterocycles. The molecule has 0 unspecified atom stereocenters. The van der Waals surface area contributed by atoms with E-state index >= 15 is 0 Å². The molecule has 1 heterocycles. The number of hydrogen-bond acceptors (Lipinski definition) is 3. The number of carboxylic acid groups (broad SMARTS) is 1. The lowest BCUT2D eigenvalue weighted by atomic mass is 9.97. The van der Waals surface area contributed by atoms with Crippen molar-refractivity contribution in [3.05, 3.63) is 71.8 Å². The molecule has 140 valence electrons. The van der Waals surface area contributed by atoms with Crippen molar-refractivity contribution in [2.24, 2.45) is 5.92 Å². The quantitative estimate of drug-likeness (QED) is 0.794. The molecule has 0 radical (unpaired) electrons. The first kappa shape index (κ1) is 18.7. The molecule has 1 aliphatic heterocycles. The molecule has 0 spiro atoms. The predicted molar refractivity (Wildman–Crippen MR) is 103 cm³/mol. The predicted octanol–water partition coefficient (Wildman–Crippen LogP) is 3.60. The Bertz CT molecular complexity index is 791. The summed E-state index contributed by atoms with van der Waals surface area (Å²) in [5, 5.41) is 9.01. The number of aliphatic carboxylic acids is 1. The number of nitrogens with zero attached hydrogens (tertiary/aromatic N) is 1. The Kier molecular flexibility index (Phi) is 6.26. The van der Waals surface area contributed by atoms with Crippen molar-refractivity contribution in [2.45, 2.75) is 19.4 Å². The third-order valence-corrected chi connectivity index (χ3v) is 4.70. The highest BCUT2D eigenvalue weighted by Crippen LogP contribution is 2.18. The molecule has 1 amide bonds. The summed E-state index contributed by atoms with van der Waals surface area (Å²) in [7, 11) is 0. The zero-order valence-electron chi connectivity index (χ0n) is 15.1. The van der Waals surface area contributed by atoms with Gasteiger partial charge in [-0.25, -0.2) is 0 Å². The van der Waals surface area contributed by atoms with Crippen molar-refractivity contribution in [1.82, 2.24) is 4.90 Å². The number of ether oxygens (including phenoxy) is 1. The van der Waals surface area contributed by atoms with Crippen LogP contribution in [-0.4, -0.2) is 35.0 Å². The van der Waals surface area contributed by atoms with Crippen LogP contribution in [0.25, 0.3) is 6.08 Å². The summed E-state index contributed by atoms with van der Waals surface area (Å²) in [6.45, 7) is 1.50. The Labute approximate surface area is 158 Å². The van der Waals surface area contributed by atoms with Crippen LogP contribution in [-0.2, 0) is 16.2 Å². The lowest BCUT2D eigenvalue weighted by molar-refractivity contribution is -0.144. The molecule has 2 aromatic rings. The zero-order valence-corrected chi connectivity index (χ0v) is 15.1. The third kappa shape index (κ3) is 5.45. The van der Waals surface area contributed by atoms with Gasteiger partial charge in [-0.15, -0.1) is 0 Å². The van der Waals surface area contributed by atoms with Gasteiger partial charge in [0.05, 0.1) is 5.92 Å². The number of piperidine rings is 1. The van der Waals surface area contributed by atoms with E-state index in [0.29, 0.717) is 32.5 Å². The van der Waals surface area contributed by atoms with Crippen LogP contribution in [0.3, 0.4) is 0 Å². The number of rotatable bonds is 6. The highest BCUT2D eigenvalue weighted by atomic mass is 16.5. The van der Waals surface area contributed by atoms with E-state index in [1.165, 1.54) is 0 Å². The van der Waals surface area contributed by atoms with Crippen LogP contribution in [0.2, 0.25) is 0 Å². The molecule has 1 fully saturated rings. The summed E-state index contributed by atoms with van der Waals surface area (Å²) in [6.07, 6.45) is 4.35. The minimum absolute atomic E-state index is 0.0803. The van der Waals surface area contributed by atoms with Crippen LogP contribution >= 0.6 is 0 Å². The summed E-state index contributed by atoms with van der Waals surface area (Å²) in [6, 6.07) is 17.5. The molecule has 0 aliphatic carbocycles. The summed E-state index contributed by atoms with van der Waals surface area (Å²) >= 11 is 0. The van der Waals surface area contributed by atoms with Crippen LogP contribution in [0.15, 0.2) is 60.7 Å². The van der Waals surface area contributed by atoms with E-state index in [1.807, 2.05) is 54.6 Å². The Morgan fingerprint density at radius 1 is 1.04 bits per heavy atom. The first-order chi connectivity index (χ1) is 13.1. The topological polar surface area (TPSA) is 66.8 Å². The molecule has 1 aliphatic rings.